The van der Waals surface area contributed by atoms with E-state index in [2.05, 4.69) is 5.32 Å². The Labute approximate surface area is 93.6 Å². The van der Waals surface area contributed by atoms with Crippen LogP contribution in [0.2, 0.25) is 0 Å². The van der Waals surface area contributed by atoms with Crippen molar-refractivity contribution in [3.8, 4) is 0 Å². The monoisotopic (exact) mass is 231 g/mol. The van der Waals surface area contributed by atoms with Crippen LogP contribution in [0.1, 0.15) is 33.1 Å². The fraction of sp³-hybridized carbons (Fsp3) is 0.700. The quantitative estimate of drug-likeness (QED) is 0.552. The lowest BCUT2D eigenvalue weighted by Crippen LogP contribution is -2.44. The molecule has 1 unspecified atom stereocenters. The number of unbranched alkanes of at least 4 members (excludes halogenated alkanes) is 1. The van der Waals surface area contributed by atoms with Crippen LogP contribution in [-0.4, -0.2) is 34.1 Å². The second kappa shape index (κ2) is 6.81. The van der Waals surface area contributed by atoms with Crippen molar-refractivity contribution < 1.29 is 24.6 Å². The SMILES string of the molecule is CCCC[C@H](NC(=O)C(C)C(=O)O)C(=O)O. The lowest BCUT2D eigenvalue weighted by Gasteiger charge is -2.15. The fourth-order valence-corrected chi connectivity index (χ4v) is 1.07. The highest BCUT2D eigenvalue weighted by Gasteiger charge is 2.25. The summed E-state index contributed by atoms with van der Waals surface area (Å²) >= 11 is 0. The smallest absolute Gasteiger partial charge is 0.326 e. The summed E-state index contributed by atoms with van der Waals surface area (Å²) < 4.78 is 0. The predicted octanol–water partition coefficient (Wildman–Crippen LogP) is 0.467. The van der Waals surface area contributed by atoms with Crippen molar-refractivity contribution in [1.29, 1.82) is 0 Å². The minimum atomic E-state index is -1.27. The van der Waals surface area contributed by atoms with Gasteiger partial charge < -0.3 is 15.5 Å². The average Bonchev–Trinajstić information content (AvgIpc) is 2.21. The number of carbonyl (C=O) groups is 3. The van der Waals surface area contributed by atoms with Crippen molar-refractivity contribution >= 4 is 17.8 Å². The first-order valence-corrected chi connectivity index (χ1v) is 5.16. The van der Waals surface area contributed by atoms with Crippen molar-refractivity contribution in [3.05, 3.63) is 0 Å². The Morgan fingerprint density at radius 3 is 2.12 bits per heavy atom. The molecule has 0 saturated carbocycles. The van der Waals surface area contributed by atoms with Crippen molar-refractivity contribution in [1.82, 2.24) is 5.32 Å². The zero-order chi connectivity index (χ0) is 12.7. The molecule has 1 amide bonds. The third kappa shape index (κ3) is 4.77. The van der Waals surface area contributed by atoms with Gasteiger partial charge in [0, 0.05) is 0 Å². The summed E-state index contributed by atoms with van der Waals surface area (Å²) in [5.41, 5.74) is 0. The van der Waals surface area contributed by atoms with Crippen LogP contribution in [0.25, 0.3) is 0 Å². The average molecular weight is 231 g/mol. The summed E-state index contributed by atoms with van der Waals surface area (Å²) in [7, 11) is 0. The van der Waals surface area contributed by atoms with E-state index >= 15 is 0 Å². The van der Waals surface area contributed by atoms with E-state index in [4.69, 9.17) is 10.2 Å². The Morgan fingerprint density at radius 1 is 1.19 bits per heavy atom. The molecule has 0 aromatic rings. The zero-order valence-corrected chi connectivity index (χ0v) is 9.40. The second-order valence-electron chi connectivity index (χ2n) is 3.60. The Hall–Kier alpha value is -1.59. The van der Waals surface area contributed by atoms with E-state index in [0.29, 0.717) is 12.8 Å². The van der Waals surface area contributed by atoms with Crippen molar-refractivity contribution in [3.63, 3.8) is 0 Å². The summed E-state index contributed by atoms with van der Waals surface area (Å²) in [5.74, 6) is -4.41. The molecule has 0 heterocycles. The Kier molecular flexibility index (Phi) is 6.14. The van der Waals surface area contributed by atoms with E-state index in [1.54, 1.807) is 0 Å². The lowest BCUT2D eigenvalue weighted by atomic mass is 10.1. The van der Waals surface area contributed by atoms with Gasteiger partial charge in [-0.1, -0.05) is 19.8 Å². The maximum atomic E-state index is 11.3. The minimum Gasteiger partial charge on any atom is -0.481 e. The number of rotatable bonds is 7. The number of carboxylic acid groups (broad SMARTS) is 2. The Balaban J connectivity index is 4.34. The van der Waals surface area contributed by atoms with Crippen LogP contribution in [0.4, 0.5) is 0 Å². The minimum absolute atomic E-state index is 0.309. The Bertz CT molecular complexity index is 276. The normalized spacial score (nSPS) is 13.9. The van der Waals surface area contributed by atoms with Crippen LogP contribution < -0.4 is 5.32 Å². The van der Waals surface area contributed by atoms with Gasteiger partial charge in [-0.05, 0) is 13.3 Å². The van der Waals surface area contributed by atoms with E-state index < -0.39 is 29.8 Å². The van der Waals surface area contributed by atoms with E-state index in [1.165, 1.54) is 6.92 Å². The van der Waals surface area contributed by atoms with Crippen LogP contribution in [0.3, 0.4) is 0 Å². The van der Waals surface area contributed by atoms with Crippen LogP contribution in [0.5, 0.6) is 0 Å². The van der Waals surface area contributed by atoms with Crippen molar-refractivity contribution in [2.45, 2.75) is 39.2 Å². The summed E-state index contributed by atoms with van der Waals surface area (Å²) in [6.07, 6.45) is 1.79. The number of aliphatic carboxylic acids is 2. The number of nitrogens with one attached hydrogen (secondary N) is 1. The standard InChI is InChI=1S/C10H17NO5/c1-3-4-5-7(10(15)16)11-8(12)6(2)9(13)14/h6-7H,3-5H2,1-2H3,(H,11,12)(H,13,14)(H,15,16)/t6?,7-/m0/s1. The highest BCUT2D eigenvalue weighted by Crippen LogP contribution is 2.03. The van der Waals surface area contributed by atoms with Crippen LogP contribution in [-0.2, 0) is 14.4 Å². The molecule has 92 valence electrons. The molecule has 0 rings (SSSR count). The first-order chi connectivity index (χ1) is 7.40. The molecular weight excluding hydrogens is 214 g/mol. The van der Waals surface area contributed by atoms with Crippen LogP contribution in [0.15, 0.2) is 0 Å². The van der Waals surface area contributed by atoms with E-state index in [0.717, 1.165) is 6.42 Å². The molecule has 3 N–H and O–H groups in total. The summed E-state index contributed by atoms with van der Waals surface area (Å²) in [4.78, 5) is 32.6. The summed E-state index contributed by atoms with van der Waals surface area (Å²) in [5, 5.41) is 19.6. The van der Waals surface area contributed by atoms with Gasteiger partial charge in [0.1, 0.15) is 12.0 Å². The maximum absolute atomic E-state index is 11.3. The highest BCUT2D eigenvalue weighted by molar-refractivity contribution is 5.97. The van der Waals surface area contributed by atoms with Crippen molar-refractivity contribution in [2.24, 2.45) is 5.92 Å². The van der Waals surface area contributed by atoms with E-state index in [9.17, 15) is 14.4 Å². The molecule has 2 atom stereocenters. The molecule has 16 heavy (non-hydrogen) atoms. The van der Waals surface area contributed by atoms with Gasteiger partial charge in [0.05, 0.1) is 0 Å². The Morgan fingerprint density at radius 2 is 1.75 bits per heavy atom. The summed E-state index contributed by atoms with van der Waals surface area (Å²) in [6.45, 7) is 3.12. The van der Waals surface area contributed by atoms with Gasteiger partial charge in [-0.25, -0.2) is 4.79 Å². The number of carbonyl (C=O) groups excluding carboxylic acids is 1. The molecule has 0 spiro atoms. The first-order valence-electron chi connectivity index (χ1n) is 5.16. The predicted molar refractivity (Wildman–Crippen MR) is 55.9 cm³/mol. The van der Waals surface area contributed by atoms with Crippen LogP contribution in [0, 0.1) is 5.92 Å². The maximum Gasteiger partial charge on any atom is 0.326 e. The topological polar surface area (TPSA) is 104 Å². The second-order valence-corrected chi connectivity index (χ2v) is 3.60. The zero-order valence-electron chi connectivity index (χ0n) is 9.40. The molecule has 0 bridgehead atoms. The molecular formula is C10H17NO5. The molecule has 0 aliphatic carbocycles. The number of hydrogen-bond donors (Lipinski definition) is 3. The summed E-state index contributed by atoms with van der Waals surface area (Å²) in [6, 6.07) is -1.01. The van der Waals surface area contributed by atoms with Gasteiger partial charge in [0.25, 0.3) is 0 Å². The van der Waals surface area contributed by atoms with Gasteiger partial charge in [-0.15, -0.1) is 0 Å². The lowest BCUT2D eigenvalue weighted by molar-refractivity contribution is -0.149. The molecule has 0 fully saturated rings. The third-order valence-electron chi connectivity index (χ3n) is 2.22. The molecule has 6 heteroatoms. The van der Waals surface area contributed by atoms with E-state index in [1.807, 2.05) is 6.92 Å². The molecule has 0 aromatic carbocycles. The molecule has 0 saturated heterocycles. The molecule has 6 nitrogen and oxygen atoms in total. The third-order valence-corrected chi connectivity index (χ3v) is 2.22. The molecule has 0 aromatic heterocycles. The van der Waals surface area contributed by atoms with Crippen molar-refractivity contribution in [2.75, 3.05) is 0 Å². The fourth-order valence-electron chi connectivity index (χ4n) is 1.07. The largest absolute Gasteiger partial charge is 0.481 e. The van der Waals surface area contributed by atoms with Gasteiger partial charge in [0.2, 0.25) is 5.91 Å². The van der Waals surface area contributed by atoms with Gasteiger partial charge in [-0.2, -0.15) is 0 Å². The number of carboxylic acids is 2. The first kappa shape index (κ1) is 14.4. The number of hydrogen-bond acceptors (Lipinski definition) is 3. The highest BCUT2D eigenvalue weighted by atomic mass is 16.4. The molecule has 0 aliphatic heterocycles. The van der Waals surface area contributed by atoms with E-state index in [-0.39, 0.29) is 0 Å². The molecule has 0 aliphatic rings. The number of amides is 1. The molecule has 0 radical (unpaired) electrons. The van der Waals surface area contributed by atoms with Gasteiger partial charge in [-0.3, -0.25) is 9.59 Å². The van der Waals surface area contributed by atoms with Gasteiger partial charge >= 0.3 is 11.9 Å². The van der Waals surface area contributed by atoms with Gasteiger partial charge in [0.15, 0.2) is 0 Å². The van der Waals surface area contributed by atoms with Crippen LogP contribution >= 0.6 is 0 Å².